The highest BCUT2D eigenvalue weighted by molar-refractivity contribution is 6.56. The van der Waals surface area contributed by atoms with E-state index >= 15 is 0 Å². The van der Waals surface area contributed by atoms with Crippen molar-refractivity contribution in [2.24, 2.45) is 5.92 Å². The molecular weight excluding hydrogens is 318 g/mol. The second kappa shape index (κ2) is 5.64. The molecule has 106 valence electrons. The summed E-state index contributed by atoms with van der Waals surface area (Å²) in [5, 5.41) is 22.2. The first kappa shape index (κ1) is 16.2. The summed E-state index contributed by atoms with van der Waals surface area (Å²) < 4.78 is -0.603. The Morgan fingerprint density at radius 3 is 2.16 bits per heavy atom. The van der Waals surface area contributed by atoms with Crippen molar-refractivity contribution in [1.82, 2.24) is 0 Å². The smallest absolute Gasteiger partial charge is 0.263 e. The summed E-state index contributed by atoms with van der Waals surface area (Å²) in [4.78, 5) is 18.7. The fourth-order valence-electron chi connectivity index (χ4n) is 2.11. The molecule has 6 nitrogen and oxygen atoms in total. The van der Waals surface area contributed by atoms with E-state index in [0.29, 0.717) is 0 Å². The van der Waals surface area contributed by atoms with Crippen LogP contribution in [0.5, 0.6) is 0 Å². The van der Waals surface area contributed by atoms with Crippen molar-refractivity contribution in [3.63, 3.8) is 0 Å². The Balaban J connectivity index is 3.42. The lowest BCUT2D eigenvalue weighted by molar-refractivity contribution is -0.560. The largest absolute Gasteiger partial charge is 0.311 e. The topological polar surface area (TPSA) is 86.3 Å². The van der Waals surface area contributed by atoms with E-state index in [1.165, 1.54) is 0 Å². The predicted molar refractivity (Wildman–Crippen MR) is 72.4 cm³/mol. The fourth-order valence-corrected chi connectivity index (χ4v) is 2.89. The summed E-state index contributed by atoms with van der Waals surface area (Å²) in [5.41, 5.74) is 0.954. The monoisotopic (exact) mass is 328 g/mol. The molecule has 1 aliphatic carbocycles. The van der Waals surface area contributed by atoms with Crippen LogP contribution in [0.15, 0.2) is 21.3 Å². The molecule has 19 heavy (non-hydrogen) atoms. The zero-order valence-electron chi connectivity index (χ0n) is 10.2. The summed E-state index contributed by atoms with van der Waals surface area (Å²) >= 11 is 17.0. The van der Waals surface area contributed by atoms with Gasteiger partial charge in [0.05, 0.1) is 11.3 Å². The molecular formula is C10H11Cl3N2O4. The lowest BCUT2D eigenvalue weighted by Crippen LogP contribution is -2.45. The Morgan fingerprint density at radius 2 is 1.79 bits per heavy atom. The predicted octanol–water partition coefficient (Wildman–Crippen LogP) is 3.87. The van der Waals surface area contributed by atoms with E-state index in [1.807, 2.05) is 0 Å². The molecule has 1 rings (SSSR count). The number of nitro groups is 2. The molecule has 0 N–H and O–H groups in total. The van der Waals surface area contributed by atoms with Crippen molar-refractivity contribution < 1.29 is 9.85 Å². The van der Waals surface area contributed by atoms with Gasteiger partial charge in [-0.05, 0) is 31.9 Å². The van der Waals surface area contributed by atoms with Crippen LogP contribution in [0, 0.1) is 26.1 Å². The summed E-state index contributed by atoms with van der Waals surface area (Å²) in [6.45, 7) is 3.46. The van der Waals surface area contributed by atoms with Gasteiger partial charge in [-0.1, -0.05) is 34.3 Å². The normalized spacial score (nSPS) is 27.1. The molecule has 9 heteroatoms. The molecule has 0 heterocycles. The van der Waals surface area contributed by atoms with Crippen LogP contribution in [0.4, 0.5) is 0 Å². The minimum atomic E-state index is -2.00. The molecule has 0 bridgehead atoms. The van der Waals surface area contributed by atoms with Crippen molar-refractivity contribution in [2.75, 3.05) is 0 Å². The first-order valence-electron chi connectivity index (χ1n) is 5.29. The Hall–Kier alpha value is -0.850. The minimum Gasteiger partial charge on any atom is -0.263 e. The van der Waals surface area contributed by atoms with Crippen LogP contribution >= 0.6 is 34.8 Å². The number of hydrogen-bond donors (Lipinski definition) is 0. The molecule has 0 fully saturated rings. The van der Waals surface area contributed by atoms with E-state index in [2.05, 4.69) is 0 Å². The molecule has 0 amide bonds. The quantitative estimate of drug-likeness (QED) is 0.258. The van der Waals surface area contributed by atoms with Crippen LogP contribution in [0.2, 0.25) is 0 Å². The van der Waals surface area contributed by atoms with Crippen LogP contribution in [0.3, 0.4) is 0 Å². The highest BCUT2D eigenvalue weighted by atomic mass is 35.5. The maximum atomic E-state index is 11.2. The van der Waals surface area contributed by atoms with Crippen molar-refractivity contribution in [1.29, 1.82) is 0 Å². The van der Waals surface area contributed by atoms with E-state index in [1.54, 1.807) is 13.8 Å². The third kappa shape index (κ3) is 3.01. The van der Waals surface area contributed by atoms with Crippen LogP contribution in [-0.2, 0) is 0 Å². The molecule has 0 aromatic heterocycles. The number of halogens is 3. The Bertz CT molecular complexity index is 499. The number of nitrogens with zero attached hydrogens (tertiary/aromatic N) is 2. The molecule has 0 unspecified atom stereocenters. The molecule has 0 spiro atoms. The lowest BCUT2D eigenvalue weighted by Gasteiger charge is -2.31. The molecule has 1 aliphatic rings. The highest BCUT2D eigenvalue weighted by Gasteiger charge is 2.57. The Kier molecular flexibility index (Phi) is 4.81. The van der Waals surface area contributed by atoms with Gasteiger partial charge in [-0.3, -0.25) is 20.2 Å². The second-order valence-electron chi connectivity index (χ2n) is 4.47. The van der Waals surface area contributed by atoms with Gasteiger partial charge < -0.3 is 0 Å². The standard InChI is InChI=1S/C10H11Cl3N2O4/c1-5-3-7(8(9(11)12)14(16)17)10(13,15(18)19)4-6(5)2/h7H,3-4H2,1-2H3/t7-,10+/m0/s1. The molecule has 0 aromatic carbocycles. The highest BCUT2D eigenvalue weighted by Crippen LogP contribution is 2.47. The third-order valence-corrected chi connectivity index (χ3v) is 4.23. The van der Waals surface area contributed by atoms with E-state index in [4.69, 9.17) is 34.8 Å². The van der Waals surface area contributed by atoms with Crippen molar-refractivity contribution in [3.8, 4) is 0 Å². The molecule has 0 saturated carbocycles. The lowest BCUT2D eigenvalue weighted by atomic mass is 9.79. The van der Waals surface area contributed by atoms with Gasteiger partial charge >= 0.3 is 5.00 Å². The van der Waals surface area contributed by atoms with Gasteiger partial charge in [-0.2, -0.15) is 0 Å². The summed E-state index contributed by atoms with van der Waals surface area (Å²) in [6.07, 6.45) is -0.00792. The van der Waals surface area contributed by atoms with Crippen molar-refractivity contribution in [2.45, 2.75) is 31.7 Å². The van der Waals surface area contributed by atoms with E-state index < -0.39 is 31.0 Å². The zero-order chi connectivity index (χ0) is 15.0. The Labute approximate surface area is 124 Å². The van der Waals surface area contributed by atoms with Crippen LogP contribution in [0.25, 0.3) is 0 Å². The second-order valence-corrected chi connectivity index (χ2v) is 6.08. The average molecular weight is 330 g/mol. The maximum absolute atomic E-state index is 11.2. The molecule has 0 saturated heterocycles. The van der Waals surface area contributed by atoms with Crippen LogP contribution in [0.1, 0.15) is 26.7 Å². The summed E-state index contributed by atoms with van der Waals surface area (Å²) in [7, 11) is 0. The van der Waals surface area contributed by atoms with Crippen LogP contribution in [-0.4, -0.2) is 14.8 Å². The summed E-state index contributed by atoms with van der Waals surface area (Å²) in [6, 6.07) is 0. The average Bonchev–Trinajstić information content (AvgIpc) is 2.24. The minimum absolute atomic E-state index is 0.0789. The molecule has 0 radical (unpaired) electrons. The first-order valence-corrected chi connectivity index (χ1v) is 6.42. The molecule has 0 aromatic rings. The van der Waals surface area contributed by atoms with Gasteiger partial charge in [0.15, 0.2) is 4.49 Å². The fraction of sp³-hybridized carbons (Fsp3) is 0.600. The van der Waals surface area contributed by atoms with E-state index in [-0.39, 0.29) is 12.8 Å². The SMILES string of the molecule is CC1=C(C)C[C@@](Cl)([N+](=O)[O-])[C@H](C(=C(Cl)Cl)[N+](=O)[O-])C1. The van der Waals surface area contributed by atoms with Gasteiger partial charge in [0.2, 0.25) is 0 Å². The van der Waals surface area contributed by atoms with Gasteiger partial charge in [0.1, 0.15) is 5.92 Å². The maximum Gasteiger partial charge on any atom is 0.311 e. The third-order valence-electron chi connectivity index (χ3n) is 3.31. The number of rotatable bonds is 3. The Morgan fingerprint density at radius 1 is 1.26 bits per heavy atom. The number of hydrogen-bond acceptors (Lipinski definition) is 4. The molecule has 2 atom stereocenters. The van der Waals surface area contributed by atoms with Crippen LogP contribution < -0.4 is 0 Å². The number of alkyl halides is 1. The van der Waals surface area contributed by atoms with Gasteiger partial charge in [0, 0.05) is 4.92 Å². The zero-order valence-corrected chi connectivity index (χ0v) is 12.4. The van der Waals surface area contributed by atoms with Gasteiger partial charge in [0.25, 0.3) is 5.70 Å². The van der Waals surface area contributed by atoms with E-state index in [0.717, 1.165) is 11.1 Å². The first-order chi connectivity index (χ1) is 8.61. The van der Waals surface area contributed by atoms with Gasteiger partial charge in [-0.15, -0.1) is 0 Å². The van der Waals surface area contributed by atoms with Crippen molar-refractivity contribution in [3.05, 3.63) is 41.6 Å². The summed E-state index contributed by atoms with van der Waals surface area (Å²) in [5.74, 6) is -1.17. The van der Waals surface area contributed by atoms with E-state index in [9.17, 15) is 20.2 Å². The van der Waals surface area contributed by atoms with Crippen molar-refractivity contribution >= 4 is 34.8 Å². The molecule has 0 aliphatic heterocycles. The van der Waals surface area contributed by atoms with Gasteiger partial charge in [-0.25, -0.2) is 0 Å². The number of allylic oxidation sites excluding steroid dienone is 1.